The molecule has 1 saturated heterocycles. The van der Waals surface area contributed by atoms with Crippen LogP contribution in [0, 0.1) is 0 Å². The monoisotopic (exact) mass is 442 g/mol. The van der Waals surface area contributed by atoms with E-state index in [0.717, 1.165) is 4.57 Å². The van der Waals surface area contributed by atoms with E-state index in [1.165, 1.54) is 18.2 Å². The van der Waals surface area contributed by atoms with Crippen molar-refractivity contribution >= 4 is 23.4 Å². The van der Waals surface area contributed by atoms with Gasteiger partial charge in [0.1, 0.15) is 0 Å². The van der Waals surface area contributed by atoms with Gasteiger partial charge in [-0.2, -0.15) is 0 Å². The second kappa shape index (κ2) is 8.43. The molecule has 0 bridgehead atoms. The van der Waals surface area contributed by atoms with Gasteiger partial charge in [0, 0.05) is 23.7 Å². The van der Waals surface area contributed by atoms with Gasteiger partial charge in [-0.15, -0.1) is 0 Å². The SMILES string of the molecule is O=C1CCC(c2cccc(-c3ccc(-n4c(C(F)F)cccc4=O)cc3)c2Cl)C(=O)N1. The van der Waals surface area contributed by atoms with Crippen LogP contribution in [0.4, 0.5) is 8.78 Å². The highest BCUT2D eigenvalue weighted by molar-refractivity contribution is 6.34. The molecule has 8 heteroatoms. The van der Waals surface area contributed by atoms with Crippen molar-refractivity contribution in [2.45, 2.75) is 25.2 Å². The minimum atomic E-state index is -2.80. The zero-order chi connectivity index (χ0) is 22.1. The number of piperidine rings is 1. The third-order valence-corrected chi connectivity index (χ3v) is 5.71. The van der Waals surface area contributed by atoms with E-state index in [1.807, 2.05) is 0 Å². The molecular weight excluding hydrogens is 426 g/mol. The van der Waals surface area contributed by atoms with Gasteiger partial charge < -0.3 is 0 Å². The first-order valence-corrected chi connectivity index (χ1v) is 9.97. The summed E-state index contributed by atoms with van der Waals surface area (Å²) in [6.45, 7) is 0. The van der Waals surface area contributed by atoms with Gasteiger partial charge >= 0.3 is 0 Å². The molecule has 2 heterocycles. The van der Waals surface area contributed by atoms with E-state index >= 15 is 0 Å². The predicted molar refractivity (Wildman–Crippen MR) is 113 cm³/mol. The van der Waals surface area contributed by atoms with Crippen LogP contribution in [-0.4, -0.2) is 16.4 Å². The highest BCUT2D eigenvalue weighted by Crippen LogP contribution is 2.37. The first-order valence-electron chi connectivity index (χ1n) is 9.60. The number of hydrogen-bond donors (Lipinski definition) is 1. The van der Waals surface area contributed by atoms with E-state index in [4.69, 9.17) is 11.6 Å². The van der Waals surface area contributed by atoms with E-state index in [9.17, 15) is 23.2 Å². The number of hydrogen-bond acceptors (Lipinski definition) is 3. The van der Waals surface area contributed by atoms with Crippen molar-refractivity contribution in [3.63, 3.8) is 0 Å². The summed E-state index contributed by atoms with van der Waals surface area (Å²) in [6, 6.07) is 15.5. The minimum Gasteiger partial charge on any atom is -0.296 e. The molecule has 1 aliphatic heterocycles. The van der Waals surface area contributed by atoms with Crippen LogP contribution >= 0.6 is 11.6 Å². The molecule has 1 aliphatic rings. The van der Waals surface area contributed by atoms with Gasteiger partial charge in [-0.25, -0.2) is 8.78 Å². The summed E-state index contributed by atoms with van der Waals surface area (Å²) in [5, 5.41) is 2.71. The number of carbonyl (C=O) groups is 2. The molecule has 1 unspecified atom stereocenters. The van der Waals surface area contributed by atoms with Gasteiger partial charge in [-0.3, -0.25) is 24.3 Å². The number of pyridine rings is 1. The fourth-order valence-corrected chi connectivity index (χ4v) is 4.14. The quantitative estimate of drug-likeness (QED) is 0.600. The average molecular weight is 443 g/mol. The van der Waals surface area contributed by atoms with Crippen LogP contribution in [0.25, 0.3) is 16.8 Å². The highest BCUT2D eigenvalue weighted by Gasteiger charge is 2.30. The molecule has 158 valence electrons. The van der Waals surface area contributed by atoms with Gasteiger partial charge in [0.2, 0.25) is 11.8 Å². The molecule has 3 aromatic rings. The van der Waals surface area contributed by atoms with Gasteiger partial charge in [0.15, 0.2) is 0 Å². The lowest BCUT2D eigenvalue weighted by atomic mass is 9.88. The number of halogens is 3. The number of amides is 2. The summed E-state index contributed by atoms with van der Waals surface area (Å²) in [4.78, 5) is 35.8. The Morgan fingerprint density at radius 3 is 2.35 bits per heavy atom. The first-order chi connectivity index (χ1) is 14.9. The average Bonchev–Trinajstić information content (AvgIpc) is 2.74. The zero-order valence-electron chi connectivity index (χ0n) is 16.1. The molecule has 5 nitrogen and oxygen atoms in total. The van der Waals surface area contributed by atoms with Gasteiger partial charge in [0.05, 0.1) is 16.6 Å². The molecule has 1 aromatic heterocycles. The van der Waals surface area contributed by atoms with E-state index in [1.54, 1.807) is 42.5 Å². The van der Waals surface area contributed by atoms with E-state index in [0.29, 0.717) is 33.8 Å². The zero-order valence-corrected chi connectivity index (χ0v) is 16.9. The number of carbonyl (C=O) groups excluding carboxylic acids is 2. The normalized spacial score (nSPS) is 16.5. The summed E-state index contributed by atoms with van der Waals surface area (Å²) in [5.41, 5.74) is 1.34. The highest BCUT2D eigenvalue weighted by atomic mass is 35.5. The van der Waals surface area contributed by atoms with Crippen molar-refractivity contribution in [1.82, 2.24) is 9.88 Å². The Kier molecular flexibility index (Phi) is 5.69. The number of imide groups is 1. The lowest BCUT2D eigenvalue weighted by Gasteiger charge is -2.23. The van der Waals surface area contributed by atoms with Gasteiger partial charge in [0.25, 0.3) is 12.0 Å². The lowest BCUT2D eigenvalue weighted by Crippen LogP contribution is -2.39. The molecule has 0 saturated carbocycles. The Bertz CT molecular complexity index is 1220. The third-order valence-electron chi connectivity index (χ3n) is 5.29. The molecular formula is C23H17ClF2N2O3. The van der Waals surface area contributed by atoms with Crippen LogP contribution in [0.2, 0.25) is 5.02 Å². The summed E-state index contributed by atoms with van der Waals surface area (Å²) >= 11 is 6.61. The smallest absolute Gasteiger partial charge is 0.278 e. The fraction of sp³-hybridized carbons (Fsp3) is 0.174. The van der Waals surface area contributed by atoms with Crippen molar-refractivity contribution in [2.75, 3.05) is 0 Å². The maximum atomic E-state index is 13.3. The van der Waals surface area contributed by atoms with E-state index < -0.39 is 23.6 Å². The Balaban J connectivity index is 1.71. The Morgan fingerprint density at radius 1 is 0.968 bits per heavy atom. The minimum absolute atomic E-state index is 0.240. The van der Waals surface area contributed by atoms with Crippen LogP contribution in [0.1, 0.15) is 36.4 Å². The predicted octanol–water partition coefficient (Wildman–Crippen LogP) is 4.62. The van der Waals surface area contributed by atoms with Crippen molar-refractivity contribution in [3.05, 3.63) is 87.3 Å². The number of nitrogens with one attached hydrogen (secondary N) is 1. The van der Waals surface area contributed by atoms with Gasteiger partial charge in [-0.1, -0.05) is 48.0 Å². The molecule has 0 radical (unpaired) electrons. The molecule has 1 atom stereocenters. The molecule has 0 spiro atoms. The Labute approximate surface area is 181 Å². The van der Waals surface area contributed by atoms with Crippen LogP contribution in [0.3, 0.4) is 0 Å². The van der Waals surface area contributed by atoms with Crippen LogP contribution in [-0.2, 0) is 9.59 Å². The maximum absolute atomic E-state index is 13.3. The number of alkyl halides is 2. The lowest BCUT2D eigenvalue weighted by molar-refractivity contribution is -0.134. The number of aromatic nitrogens is 1. The van der Waals surface area contributed by atoms with E-state index in [2.05, 4.69) is 5.32 Å². The molecule has 2 amide bonds. The van der Waals surface area contributed by atoms with Crippen molar-refractivity contribution in [2.24, 2.45) is 0 Å². The molecule has 0 aliphatic carbocycles. The maximum Gasteiger partial charge on any atom is 0.278 e. The topological polar surface area (TPSA) is 68.2 Å². The van der Waals surface area contributed by atoms with E-state index in [-0.39, 0.29) is 18.2 Å². The van der Waals surface area contributed by atoms with Crippen molar-refractivity contribution < 1.29 is 18.4 Å². The molecule has 4 rings (SSSR count). The summed E-state index contributed by atoms with van der Waals surface area (Å²) < 4.78 is 27.6. The fourth-order valence-electron chi connectivity index (χ4n) is 3.77. The second-order valence-electron chi connectivity index (χ2n) is 7.18. The summed E-state index contributed by atoms with van der Waals surface area (Å²) in [5.74, 6) is -1.21. The Morgan fingerprint density at radius 2 is 1.68 bits per heavy atom. The number of rotatable bonds is 4. The number of nitrogens with zero attached hydrogens (tertiary/aromatic N) is 1. The standard InChI is InChI=1S/C23H17ClF2N2O3/c24-21-15(3-1-4-16(21)17-11-12-19(29)27-23(17)31)13-7-9-14(10-8-13)28-18(22(25)26)5-2-6-20(28)30/h1-10,17,22H,11-12H2,(H,27,29,31). The number of benzene rings is 2. The molecule has 31 heavy (non-hydrogen) atoms. The molecule has 1 N–H and O–H groups in total. The molecule has 2 aromatic carbocycles. The van der Waals surface area contributed by atoms with Gasteiger partial charge in [-0.05, 0) is 35.7 Å². The van der Waals surface area contributed by atoms with Crippen molar-refractivity contribution in [1.29, 1.82) is 0 Å². The third kappa shape index (κ3) is 4.01. The van der Waals surface area contributed by atoms with Crippen LogP contribution in [0.5, 0.6) is 0 Å². The largest absolute Gasteiger partial charge is 0.296 e. The summed E-state index contributed by atoms with van der Waals surface area (Å²) in [7, 11) is 0. The Hall–Kier alpha value is -3.32. The summed E-state index contributed by atoms with van der Waals surface area (Å²) in [6.07, 6.45) is -2.18. The van der Waals surface area contributed by atoms with Crippen LogP contribution in [0.15, 0.2) is 65.5 Å². The first kappa shape index (κ1) is 20.9. The van der Waals surface area contributed by atoms with Crippen LogP contribution < -0.4 is 10.9 Å². The van der Waals surface area contributed by atoms with Crippen molar-refractivity contribution in [3.8, 4) is 16.8 Å². The second-order valence-corrected chi connectivity index (χ2v) is 7.56. The molecule has 1 fully saturated rings.